The Hall–Kier alpha value is -1.06. The van der Waals surface area contributed by atoms with E-state index in [4.69, 9.17) is 0 Å². The summed E-state index contributed by atoms with van der Waals surface area (Å²) < 4.78 is 0. The van der Waals surface area contributed by atoms with Gasteiger partial charge < -0.3 is 10.2 Å². The lowest BCUT2D eigenvalue weighted by Crippen LogP contribution is -2.26. The Balaban J connectivity index is 0.00000242. The molecule has 0 aromatic heterocycles. The van der Waals surface area contributed by atoms with E-state index in [-0.39, 0.29) is 23.7 Å². The van der Waals surface area contributed by atoms with Crippen LogP contribution in [0.2, 0.25) is 0 Å². The number of benzene rings is 1. The molecule has 124 valence electrons. The first-order chi connectivity index (χ1) is 9.88. The summed E-state index contributed by atoms with van der Waals surface area (Å²) in [4.78, 5) is 14.1. The minimum Gasteiger partial charge on any atom is -0.316 e. The molecule has 1 amide bonds. The molecule has 0 spiro atoms. The monoisotopic (exact) mass is 324 g/mol. The lowest BCUT2D eigenvalue weighted by molar-refractivity contribution is -0.118. The van der Waals surface area contributed by atoms with Gasteiger partial charge in [0.05, 0.1) is 0 Å². The maximum Gasteiger partial charge on any atom is 0.226 e. The predicted octanol–water partition coefficient (Wildman–Crippen LogP) is 3.76. The molecule has 1 aromatic rings. The number of carbonyl (C=O) groups excluding carboxylic acids is 1. The summed E-state index contributed by atoms with van der Waals surface area (Å²) in [6.07, 6.45) is 2.84. The first kappa shape index (κ1) is 19.0. The molecule has 1 N–H and O–H groups in total. The Kier molecular flexibility index (Phi) is 6.89. The first-order valence-corrected chi connectivity index (χ1v) is 7.96. The second kappa shape index (κ2) is 7.98. The van der Waals surface area contributed by atoms with Gasteiger partial charge in [-0.25, -0.2) is 0 Å². The van der Waals surface area contributed by atoms with E-state index in [0.29, 0.717) is 12.3 Å². The van der Waals surface area contributed by atoms with Crippen LogP contribution in [-0.2, 0) is 10.2 Å². The highest BCUT2D eigenvalue weighted by Gasteiger charge is 2.18. The van der Waals surface area contributed by atoms with Crippen molar-refractivity contribution in [3.8, 4) is 0 Å². The van der Waals surface area contributed by atoms with Crippen LogP contribution >= 0.6 is 12.4 Å². The fourth-order valence-corrected chi connectivity index (χ4v) is 2.79. The van der Waals surface area contributed by atoms with Crippen LogP contribution in [0.4, 0.5) is 5.69 Å². The summed E-state index contributed by atoms with van der Waals surface area (Å²) in [6, 6.07) is 8.35. The molecule has 1 atom stereocenters. The van der Waals surface area contributed by atoms with Crippen molar-refractivity contribution in [2.24, 2.45) is 5.92 Å². The molecule has 1 aromatic carbocycles. The zero-order valence-electron chi connectivity index (χ0n) is 14.2. The predicted molar refractivity (Wildman–Crippen MR) is 96.0 cm³/mol. The van der Waals surface area contributed by atoms with Crippen molar-refractivity contribution in [3.05, 3.63) is 29.8 Å². The van der Waals surface area contributed by atoms with Crippen LogP contribution in [0.3, 0.4) is 0 Å². The molecule has 0 aliphatic carbocycles. The van der Waals surface area contributed by atoms with Gasteiger partial charge >= 0.3 is 0 Å². The second-order valence-corrected chi connectivity index (χ2v) is 7.15. The van der Waals surface area contributed by atoms with Gasteiger partial charge in [-0.15, -0.1) is 12.4 Å². The molecule has 0 saturated carbocycles. The third-order valence-corrected chi connectivity index (χ3v) is 4.42. The third kappa shape index (κ3) is 4.99. The van der Waals surface area contributed by atoms with Crippen molar-refractivity contribution >= 4 is 24.0 Å². The number of halogens is 1. The summed E-state index contributed by atoms with van der Waals surface area (Å²) in [7, 11) is 1.88. The number of carbonyl (C=O) groups is 1. The minimum atomic E-state index is 0. The fraction of sp³-hybridized carbons (Fsp3) is 0.611. The van der Waals surface area contributed by atoms with Gasteiger partial charge in [0, 0.05) is 19.2 Å². The van der Waals surface area contributed by atoms with Gasteiger partial charge in [-0.3, -0.25) is 4.79 Å². The summed E-state index contributed by atoms with van der Waals surface area (Å²) in [5.41, 5.74) is 2.43. The number of nitrogens with zero attached hydrogens (tertiary/aromatic N) is 1. The molecule has 1 aliphatic heterocycles. The zero-order chi connectivity index (χ0) is 15.5. The van der Waals surface area contributed by atoms with Crippen molar-refractivity contribution in [1.82, 2.24) is 5.32 Å². The Bertz CT molecular complexity index is 473. The van der Waals surface area contributed by atoms with Crippen LogP contribution < -0.4 is 10.2 Å². The van der Waals surface area contributed by atoms with Crippen LogP contribution in [0, 0.1) is 5.92 Å². The minimum absolute atomic E-state index is 0. The molecular formula is C18H29ClN2O. The molecule has 1 unspecified atom stereocenters. The summed E-state index contributed by atoms with van der Waals surface area (Å²) in [5, 5.41) is 3.35. The van der Waals surface area contributed by atoms with E-state index in [1.54, 1.807) is 4.90 Å². The van der Waals surface area contributed by atoms with Crippen LogP contribution in [0.25, 0.3) is 0 Å². The Morgan fingerprint density at radius 1 is 1.27 bits per heavy atom. The number of hydrogen-bond acceptors (Lipinski definition) is 2. The van der Waals surface area contributed by atoms with E-state index < -0.39 is 0 Å². The van der Waals surface area contributed by atoms with Gasteiger partial charge in [-0.1, -0.05) is 32.9 Å². The Labute approximate surface area is 140 Å². The van der Waals surface area contributed by atoms with Crippen molar-refractivity contribution in [1.29, 1.82) is 0 Å². The molecule has 3 nitrogen and oxygen atoms in total. The van der Waals surface area contributed by atoms with Crippen LogP contribution in [0.15, 0.2) is 24.3 Å². The van der Waals surface area contributed by atoms with E-state index in [9.17, 15) is 4.79 Å². The smallest absolute Gasteiger partial charge is 0.226 e. The van der Waals surface area contributed by atoms with Gasteiger partial charge in [0.15, 0.2) is 0 Å². The number of nitrogens with one attached hydrogen (secondary N) is 1. The van der Waals surface area contributed by atoms with Gasteiger partial charge in [-0.05, 0) is 55.0 Å². The average Bonchev–Trinajstić information content (AvgIpc) is 2.96. The van der Waals surface area contributed by atoms with E-state index in [1.807, 2.05) is 7.05 Å². The lowest BCUT2D eigenvalue weighted by Gasteiger charge is -2.22. The highest BCUT2D eigenvalue weighted by Crippen LogP contribution is 2.25. The van der Waals surface area contributed by atoms with Gasteiger partial charge in [-0.2, -0.15) is 0 Å². The molecule has 22 heavy (non-hydrogen) atoms. The fourth-order valence-electron chi connectivity index (χ4n) is 2.79. The van der Waals surface area contributed by atoms with Gasteiger partial charge in [0.25, 0.3) is 0 Å². The first-order valence-electron chi connectivity index (χ1n) is 7.96. The maximum absolute atomic E-state index is 12.3. The lowest BCUT2D eigenvalue weighted by atomic mass is 9.87. The Morgan fingerprint density at radius 3 is 2.41 bits per heavy atom. The normalized spacial score (nSPS) is 17.9. The average molecular weight is 325 g/mol. The molecule has 0 radical (unpaired) electrons. The van der Waals surface area contributed by atoms with Crippen LogP contribution in [0.1, 0.15) is 45.6 Å². The molecule has 4 heteroatoms. The standard InChI is InChI=1S/C18H28N2O.ClH/c1-18(2,3)15-6-8-16(9-7-15)20(4)17(21)10-5-14-11-12-19-13-14;/h6-9,14,19H,5,10-13H2,1-4H3;1H. The summed E-state index contributed by atoms with van der Waals surface area (Å²) in [5.74, 6) is 0.885. The van der Waals surface area contributed by atoms with E-state index >= 15 is 0 Å². The number of rotatable bonds is 4. The third-order valence-electron chi connectivity index (χ3n) is 4.42. The largest absolute Gasteiger partial charge is 0.316 e. The Morgan fingerprint density at radius 2 is 1.91 bits per heavy atom. The van der Waals surface area contributed by atoms with E-state index in [1.165, 1.54) is 12.0 Å². The second-order valence-electron chi connectivity index (χ2n) is 7.15. The number of amides is 1. The van der Waals surface area contributed by atoms with Crippen LogP contribution in [-0.4, -0.2) is 26.0 Å². The van der Waals surface area contributed by atoms with Gasteiger partial charge in [0.2, 0.25) is 5.91 Å². The zero-order valence-corrected chi connectivity index (χ0v) is 15.0. The molecule has 1 heterocycles. The molecule has 0 bridgehead atoms. The molecule has 1 saturated heterocycles. The molecule has 1 aliphatic rings. The quantitative estimate of drug-likeness (QED) is 0.914. The number of hydrogen-bond donors (Lipinski definition) is 1. The van der Waals surface area contributed by atoms with E-state index in [0.717, 1.165) is 25.2 Å². The van der Waals surface area contributed by atoms with Crippen LogP contribution in [0.5, 0.6) is 0 Å². The highest BCUT2D eigenvalue weighted by molar-refractivity contribution is 5.92. The maximum atomic E-state index is 12.3. The molecule has 1 fully saturated rings. The SMILES string of the molecule is CN(C(=O)CCC1CCNC1)c1ccc(C(C)(C)C)cc1.Cl. The molecule has 2 rings (SSSR count). The van der Waals surface area contributed by atoms with Crippen molar-refractivity contribution in [2.45, 2.75) is 45.4 Å². The van der Waals surface area contributed by atoms with E-state index in [2.05, 4.69) is 50.4 Å². The van der Waals surface area contributed by atoms with Gasteiger partial charge in [0.1, 0.15) is 0 Å². The van der Waals surface area contributed by atoms with Crippen molar-refractivity contribution < 1.29 is 4.79 Å². The topological polar surface area (TPSA) is 32.3 Å². The highest BCUT2D eigenvalue weighted by atomic mass is 35.5. The number of anilines is 1. The van der Waals surface area contributed by atoms with Crippen molar-refractivity contribution in [3.63, 3.8) is 0 Å². The summed E-state index contributed by atoms with van der Waals surface area (Å²) >= 11 is 0. The molecular weight excluding hydrogens is 296 g/mol. The summed E-state index contributed by atoms with van der Waals surface area (Å²) in [6.45, 7) is 8.77. The van der Waals surface area contributed by atoms with Crippen molar-refractivity contribution in [2.75, 3.05) is 25.0 Å².